The van der Waals surface area contributed by atoms with Gasteiger partial charge in [-0.25, -0.2) is 9.97 Å². The Morgan fingerprint density at radius 3 is 2.15 bits per heavy atom. The zero-order chi connectivity index (χ0) is 18.8. The fourth-order valence-electron chi connectivity index (χ4n) is 2.69. The summed E-state index contributed by atoms with van der Waals surface area (Å²) in [6.45, 7) is 10.4. The van der Waals surface area contributed by atoms with Crippen LogP contribution in [-0.2, 0) is 0 Å². The van der Waals surface area contributed by atoms with Crippen molar-refractivity contribution in [3.05, 3.63) is 58.3 Å². The van der Waals surface area contributed by atoms with Crippen LogP contribution in [-0.4, -0.2) is 22.5 Å². The van der Waals surface area contributed by atoms with Gasteiger partial charge in [-0.15, -0.1) is 0 Å². The van der Waals surface area contributed by atoms with Crippen molar-refractivity contribution in [3.63, 3.8) is 0 Å². The minimum atomic E-state index is -0.329. The van der Waals surface area contributed by atoms with Crippen molar-refractivity contribution in [2.24, 2.45) is 0 Å². The molecule has 0 aliphatic carbocycles. The number of nitrogens with zero attached hydrogens (tertiary/aromatic N) is 2. The average molecular weight is 349 g/mol. The first-order chi connectivity index (χ1) is 12.4. The minimum Gasteiger partial charge on any atom is -0.476 e. The van der Waals surface area contributed by atoms with Gasteiger partial charge in [0.25, 0.3) is 5.91 Å². The zero-order valence-corrected chi connectivity index (χ0v) is 15.8. The van der Waals surface area contributed by atoms with Gasteiger partial charge in [0, 0.05) is 5.69 Å². The second-order valence-electron chi connectivity index (χ2n) is 6.49. The Balaban J connectivity index is 2.03. The SMILES string of the molecule is CCOc1nc2cc(C)c(C)cc2nc1C(=O)Nc1ccc(C)c(C)c1. The van der Waals surface area contributed by atoms with Crippen LogP contribution in [0.25, 0.3) is 11.0 Å². The molecule has 2 aromatic carbocycles. The number of hydrogen-bond donors (Lipinski definition) is 1. The summed E-state index contributed by atoms with van der Waals surface area (Å²) in [5, 5.41) is 2.89. The number of amides is 1. The zero-order valence-electron chi connectivity index (χ0n) is 15.8. The van der Waals surface area contributed by atoms with E-state index in [0.717, 1.165) is 27.9 Å². The van der Waals surface area contributed by atoms with E-state index in [-0.39, 0.29) is 17.5 Å². The van der Waals surface area contributed by atoms with E-state index in [0.29, 0.717) is 12.1 Å². The molecule has 3 rings (SSSR count). The molecule has 1 amide bonds. The number of aromatic nitrogens is 2. The van der Waals surface area contributed by atoms with Gasteiger partial charge in [-0.3, -0.25) is 4.79 Å². The largest absolute Gasteiger partial charge is 0.476 e. The first-order valence-electron chi connectivity index (χ1n) is 8.69. The van der Waals surface area contributed by atoms with Gasteiger partial charge in [-0.1, -0.05) is 6.07 Å². The molecule has 1 aromatic heterocycles. The Bertz CT molecular complexity index is 996. The lowest BCUT2D eigenvalue weighted by Gasteiger charge is -2.12. The van der Waals surface area contributed by atoms with Gasteiger partial charge < -0.3 is 10.1 Å². The summed E-state index contributed by atoms with van der Waals surface area (Å²) >= 11 is 0. The van der Waals surface area contributed by atoms with Gasteiger partial charge in [-0.2, -0.15) is 0 Å². The third-order valence-electron chi connectivity index (χ3n) is 4.51. The van der Waals surface area contributed by atoms with Crippen molar-refractivity contribution in [1.82, 2.24) is 9.97 Å². The van der Waals surface area contributed by atoms with Crippen molar-refractivity contribution >= 4 is 22.6 Å². The van der Waals surface area contributed by atoms with Crippen LogP contribution in [0.15, 0.2) is 30.3 Å². The Morgan fingerprint density at radius 2 is 1.54 bits per heavy atom. The van der Waals surface area contributed by atoms with E-state index in [1.165, 1.54) is 5.56 Å². The number of carbonyl (C=O) groups excluding carboxylic acids is 1. The lowest BCUT2D eigenvalue weighted by molar-refractivity contribution is 0.101. The number of fused-ring (bicyclic) bond motifs is 1. The molecule has 0 radical (unpaired) electrons. The second kappa shape index (κ2) is 7.12. The molecular weight excluding hydrogens is 326 g/mol. The molecular formula is C21H23N3O2. The standard InChI is InChI=1S/C21H23N3O2/c1-6-26-21-19(20(25)22-16-8-7-12(2)13(3)9-16)23-17-10-14(4)15(5)11-18(17)24-21/h7-11H,6H2,1-5H3,(H,22,25). The second-order valence-corrected chi connectivity index (χ2v) is 6.49. The molecule has 5 nitrogen and oxygen atoms in total. The van der Waals surface area contributed by atoms with Gasteiger partial charge in [0.05, 0.1) is 17.6 Å². The molecule has 0 saturated heterocycles. The Morgan fingerprint density at radius 1 is 0.923 bits per heavy atom. The number of ether oxygens (including phenoxy) is 1. The highest BCUT2D eigenvalue weighted by atomic mass is 16.5. The first kappa shape index (κ1) is 17.9. The maximum Gasteiger partial charge on any atom is 0.279 e. The number of aryl methyl sites for hydroxylation is 4. The minimum absolute atomic E-state index is 0.195. The number of carbonyl (C=O) groups is 1. The van der Waals surface area contributed by atoms with E-state index in [2.05, 4.69) is 15.3 Å². The van der Waals surface area contributed by atoms with E-state index in [4.69, 9.17) is 4.74 Å². The summed E-state index contributed by atoms with van der Waals surface area (Å²) in [7, 11) is 0. The van der Waals surface area contributed by atoms with Crippen molar-refractivity contribution in [1.29, 1.82) is 0 Å². The molecule has 26 heavy (non-hydrogen) atoms. The van der Waals surface area contributed by atoms with Crippen LogP contribution < -0.4 is 10.1 Å². The molecule has 1 heterocycles. The molecule has 134 valence electrons. The van der Waals surface area contributed by atoms with Gasteiger partial charge in [0.1, 0.15) is 0 Å². The van der Waals surface area contributed by atoms with Crippen LogP contribution in [0.1, 0.15) is 39.7 Å². The van der Waals surface area contributed by atoms with E-state index < -0.39 is 0 Å². The molecule has 0 unspecified atom stereocenters. The first-order valence-corrected chi connectivity index (χ1v) is 8.69. The van der Waals surface area contributed by atoms with E-state index >= 15 is 0 Å². The molecule has 0 fully saturated rings. The quantitative estimate of drug-likeness (QED) is 0.752. The van der Waals surface area contributed by atoms with Crippen LogP contribution in [0.2, 0.25) is 0 Å². The van der Waals surface area contributed by atoms with E-state index in [1.807, 2.05) is 65.0 Å². The Hall–Kier alpha value is -2.95. The summed E-state index contributed by atoms with van der Waals surface area (Å²) in [4.78, 5) is 21.9. The Labute approximate surface area is 153 Å². The van der Waals surface area contributed by atoms with Crippen molar-refractivity contribution in [2.45, 2.75) is 34.6 Å². The third-order valence-corrected chi connectivity index (χ3v) is 4.51. The van der Waals surface area contributed by atoms with Gasteiger partial charge in [0.15, 0.2) is 5.69 Å². The highest BCUT2D eigenvalue weighted by Crippen LogP contribution is 2.23. The summed E-state index contributed by atoms with van der Waals surface area (Å²) < 4.78 is 5.58. The van der Waals surface area contributed by atoms with E-state index in [1.54, 1.807) is 0 Å². The normalized spacial score (nSPS) is 10.8. The highest BCUT2D eigenvalue weighted by Gasteiger charge is 2.18. The molecule has 0 aliphatic heterocycles. The maximum absolute atomic E-state index is 12.8. The topological polar surface area (TPSA) is 64.1 Å². The number of anilines is 1. The molecule has 3 aromatic rings. The van der Waals surface area contributed by atoms with Crippen molar-refractivity contribution in [2.75, 3.05) is 11.9 Å². The van der Waals surface area contributed by atoms with Crippen molar-refractivity contribution < 1.29 is 9.53 Å². The number of rotatable bonds is 4. The van der Waals surface area contributed by atoms with Gasteiger partial charge in [0.2, 0.25) is 5.88 Å². The summed E-state index contributed by atoms with van der Waals surface area (Å²) in [6, 6.07) is 9.70. The number of hydrogen-bond acceptors (Lipinski definition) is 4. The molecule has 0 bridgehead atoms. The van der Waals surface area contributed by atoms with Crippen LogP contribution in [0.5, 0.6) is 5.88 Å². The maximum atomic E-state index is 12.8. The number of nitrogens with one attached hydrogen (secondary N) is 1. The van der Waals surface area contributed by atoms with Crippen LogP contribution in [0.3, 0.4) is 0 Å². The molecule has 0 spiro atoms. The van der Waals surface area contributed by atoms with Crippen LogP contribution in [0, 0.1) is 27.7 Å². The molecule has 5 heteroatoms. The lowest BCUT2D eigenvalue weighted by Crippen LogP contribution is -2.17. The Kier molecular flexibility index (Phi) is 4.89. The predicted octanol–water partition coefficient (Wildman–Crippen LogP) is 4.51. The summed E-state index contributed by atoms with van der Waals surface area (Å²) in [6.07, 6.45) is 0. The van der Waals surface area contributed by atoms with E-state index in [9.17, 15) is 4.79 Å². The summed E-state index contributed by atoms with van der Waals surface area (Å²) in [5.41, 5.74) is 6.85. The van der Waals surface area contributed by atoms with Gasteiger partial charge >= 0.3 is 0 Å². The fraction of sp³-hybridized carbons (Fsp3) is 0.286. The molecule has 0 saturated carbocycles. The predicted molar refractivity (Wildman–Crippen MR) is 104 cm³/mol. The average Bonchev–Trinajstić information content (AvgIpc) is 2.59. The molecule has 1 N–H and O–H groups in total. The van der Waals surface area contributed by atoms with Crippen LogP contribution >= 0.6 is 0 Å². The lowest BCUT2D eigenvalue weighted by atomic mass is 10.1. The van der Waals surface area contributed by atoms with Crippen molar-refractivity contribution in [3.8, 4) is 5.88 Å². The molecule has 0 aliphatic rings. The smallest absolute Gasteiger partial charge is 0.279 e. The van der Waals surface area contributed by atoms with Crippen LogP contribution in [0.4, 0.5) is 5.69 Å². The number of benzene rings is 2. The summed E-state index contributed by atoms with van der Waals surface area (Å²) in [5.74, 6) is -0.0751. The monoisotopic (exact) mass is 349 g/mol. The van der Waals surface area contributed by atoms with Gasteiger partial charge in [-0.05, 0) is 81.1 Å². The third kappa shape index (κ3) is 3.52. The fourth-order valence-corrected chi connectivity index (χ4v) is 2.69. The molecule has 0 atom stereocenters. The highest BCUT2D eigenvalue weighted by molar-refractivity contribution is 6.05.